The molecule has 3 aromatic rings. The molecular weight excluding hydrogens is 586 g/mol. The van der Waals surface area contributed by atoms with E-state index in [1.165, 1.54) is 24.4 Å². The van der Waals surface area contributed by atoms with E-state index in [4.69, 9.17) is 10.6 Å². The Morgan fingerprint density at radius 1 is 1.09 bits per heavy atom. The number of rotatable bonds is 10. The van der Waals surface area contributed by atoms with Gasteiger partial charge >= 0.3 is 6.18 Å². The first-order valence-corrected chi connectivity index (χ1v) is 14.9. The minimum Gasteiger partial charge on any atom is -0.394 e. The number of amidine groups is 1. The van der Waals surface area contributed by atoms with Gasteiger partial charge in [-0.15, -0.1) is 0 Å². The van der Waals surface area contributed by atoms with Gasteiger partial charge in [0.2, 0.25) is 5.43 Å². The minimum absolute atomic E-state index is 0.0158. The highest BCUT2D eigenvalue weighted by molar-refractivity contribution is 6.00. The van der Waals surface area contributed by atoms with E-state index < -0.39 is 23.0 Å². The molecular formula is C34H41F4N5O2. The van der Waals surface area contributed by atoms with Crippen LogP contribution in [-0.2, 0) is 17.6 Å². The number of fused-ring (bicyclic) bond motifs is 1. The lowest BCUT2D eigenvalue weighted by Crippen LogP contribution is -2.44. The summed E-state index contributed by atoms with van der Waals surface area (Å²) in [5.74, 6) is -0.754. The Morgan fingerprint density at radius 3 is 2.38 bits per heavy atom. The molecule has 11 heteroatoms. The van der Waals surface area contributed by atoms with Gasteiger partial charge in [-0.05, 0) is 43.8 Å². The van der Waals surface area contributed by atoms with Crippen molar-refractivity contribution in [1.29, 1.82) is 0 Å². The third-order valence-electron chi connectivity index (χ3n) is 7.22. The molecule has 7 nitrogen and oxygen atoms in total. The average Bonchev–Trinajstić information content (AvgIpc) is 3.02. The van der Waals surface area contributed by atoms with Crippen LogP contribution in [0.1, 0.15) is 43.9 Å². The molecule has 2 heterocycles. The van der Waals surface area contributed by atoms with Crippen LogP contribution in [0.25, 0.3) is 10.9 Å². The molecule has 1 aromatic heterocycles. The van der Waals surface area contributed by atoms with Gasteiger partial charge in [0.15, 0.2) is 5.84 Å². The second-order valence-corrected chi connectivity index (χ2v) is 10.4. The number of pyridine rings is 1. The summed E-state index contributed by atoms with van der Waals surface area (Å²) in [6, 6.07) is 7.54. The monoisotopic (exact) mass is 627 g/mol. The number of likely N-dealkylation sites (N-methyl/N-ethyl adjacent to an activating group) is 1. The SMILES string of the molecule is C=C(/C=C\C=C/C)CCO/N=C(\N)c1cn(Cc2ccc(C(F)(F)F)cc2)c2cc(N3CCN(C)CC3)c(F)cc2c1=O.CC. The molecule has 1 aliphatic rings. The maximum atomic E-state index is 15.5. The van der Waals surface area contributed by atoms with Crippen LogP contribution in [0.15, 0.2) is 89.0 Å². The first kappa shape index (κ1) is 35.1. The van der Waals surface area contributed by atoms with Crippen LogP contribution in [0.2, 0.25) is 0 Å². The topological polar surface area (TPSA) is 76.1 Å². The summed E-state index contributed by atoms with van der Waals surface area (Å²) in [5.41, 5.74) is 6.97. The van der Waals surface area contributed by atoms with Gasteiger partial charge in [-0.3, -0.25) is 4.79 Å². The van der Waals surface area contributed by atoms with Crippen LogP contribution < -0.4 is 16.1 Å². The number of nitrogens with zero attached hydrogens (tertiary/aromatic N) is 4. The Labute approximate surface area is 261 Å². The van der Waals surface area contributed by atoms with Crippen LogP contribution in [0.5, 0.6) is 0 Å². The number of allylic oxidation sites excluding steroid dienone is 4. The van der Waals surface area contributed by atoms with E-state index in [0.29, 0.717) is 36.3 Å². The molecule has 0 unspecified atom stereocenters. The molecule has 0 saturated carbocycles. The van der Waals surface area contributed by atoms with Gasteiger partial charge in [-0.25, -0.2) is 4.39 Å². The number of alkyl halides is 3. The lowest BCUT2D eigenvalue weighted by atomic mass is 10.1. The van der Waals surface area contributed by atoms with Crippen LogP contribution in [-0.4, -0.2) is 55.1 Å². The van der Waals surface area contributed by atoms with Gasteiger partial charge in [0.25, 0.3) is 0 Å². The maximum absolute atomic E-state index is 15.5. The normalized spacial score (nSPS) is 14.7. The lowest BCUT2D eigenvalue weighted by molar-refractivity contribution is -0.137. The number of nitrogens with two attached hydrogens (primary N) is 1. The molecule has 0 spiro atoms. The zero-order chi connectivity index (χ0) is 33.1. The fraction of sp³-hybridized carbons (Fsp3) is 0.353. The van der Waals surface area contributed by atoms with Crippen LogP contribution in [0.3, 0.4) is 0 Å². The van der Waals surface area contributed by atoms with E-state index in [9.17, 15) is 18.0 Å². The van der Waals surface area contributed by atoms with Gasteiger partial charge in [0.05, 0.1) is 22.3 Å². The molecule has 1 aliphatic heterocycles. The third-order valence-corrected chi connectivity index (χ3v) is 7.22. The quantitative estimate of drug-likeness (QED) is 0.0676. The average molecular weight is 628 g/mol. The van der Waals surface area contributed by atoms with Crippen LogP contribution >= 0.6 is 0 Å². The molecule has 45 heavy (non-hydrogen) atoms. The lowest BCUT2D eigenvalue weighted by Gasteiger charge is -2.34. The summed E-state index contributed by atoms with van der Waals surface area (Å²) in [4.78, 5) is 22.9. The van der Waals surface area contributed by atoms with Crippen molar-refractivity contribution in [1.82, 2.24) is 9.47 Å². The number of piperazine rings is 1. The summed E-state index contributed by atoms with van der Waals surface area (Å²) in [6.45, 7) is 12.8. The fourth-order valence-electron chi connectivity index (χ4n) is 4.73. The summed E-state index contributed by atoms with van der Waals surface area (Å²) in [5, 5.41) is 3.98. The predicted octanol–water partition coefficient (Wildman–Crippen LogP) is 6.70. The van der Waals surface area contributed by atoms with Gasteiger partial charge in [0.1, 0.15) is 12.4 Å². The van der Waals surface area contributed by atoms with Gasteiger partial charge in [0, 0.05) is 50.7 Å². The molecule has 4 rings (SSSR count). The van der Waals surface area contributed by atoms with Crippen molar-refractivity contribution in [3.05, 3.63) is 112 Å². The van der Waals surface area contributed by atoms with E-state index in [0.717, 1.165) is 30.8 Å². The number of benzene rings is 2. The molecule has 2 aromatic carbocycles. The van der Waals surface area contributed by atoms with E-state index in [1.54, 1.807) is 10.6 Å². The van der Waals surface area contributed by atoms with Crippen molar-refractivity contribution >= 4 is 22.4 Å². The highest BCUT2D eigenvalue weighted by Gasteiger charge is 2.30. The van der Waals surface area contributed by atoms with E-state index in [1.807, 2.05) is 57.0 Å². The molecule has 0 radical (unpaired) electrons. The van der Waals surface area contributed by atoms with Gasteiger partial charge in [-0.1, -0.05) is 67.6 Å². The molecule has 0 amide bonds. The van der Waals surface area contributed by atoms with Gasteiger partial charge < -0.3 is 24.9 Å². The molecule has 1 saturated heterocycles. The number of halogens is 4. The van der Waals surface area contributed by atoms with E-state index in [-0.39, 0.29) is 29.9 Å². The highest BCUT2D eigenvalue weighted by Crippen LogP contribution is 2.30. The molecule has 242 valence electrons. The third kappa shape index (κ3) is 9.31. The largest absolute Gasteiger partial charge is 0.416 e. The Hall–Kier alpha value is -4.38. The maximum Gasteiger partial charge on any atom is 0.416 e. The molecule has 0 aliphatic carbocycles. The summed E-state index contributed by atoms with van der Waals surface area (Å²) >= 11 is 0. The Balaban J connectivity index is 0.00000271. The number of aromatic nitrogens is 1. The first-order valence-electron chi connectivity index (χ1n) is 14.9. The van der Waals surface area contributed by atoms with Crippen molar-refractivity contribution in [3.8, 4) is 0 Å². The Kier molecular flexibility index (Phi) is 12.5. The Morgan fingerprint density at radius 2 is 1.76 bits per heavy atom. The molecule has 2 N–H and O–H groups in total. The first-order chi connectivity index (χ1) is 21.5. The summed E-state index contributed by atoms with van der Waals surface area (Å²) < 4.78 is 56.5. The van der Waals surface area contributed by atoms with Gasteiger partial charge in [-0.2, -0.15) is 13.2 Å². The zero-order valence-electron chi connectivity index (χ0n) is 26.2. The van der Waals surface area contributed by atoms with E-state index in [2.05, 4.69) is 16.6 Å². The smallest absolute Gasteiger partial charge is 0.394 e. The zero-order valence-corrected chi connectivity index (χ0v) is 26.2. The summed E-state index contributed by atoms with van der Waals surface area (Å²) in [7, 11) is 1.99. The second kappa shape index (κ2) is 16.1. The minimum atomic E-state index is -4.47. The van der Waals surface area contributed by atoms with Crippen molar-refractivity contribution in [2.45, 2.75) is 39.9 Å². The molecule has 0 bridgehead atoms. The van der Waals surface area contributed by atoms with Crippen LogP contribution in [0, 0.1) is 5.82 Å². The van der Waals surface area contributed by atoms with E-state index >= 15 is 4.39 Å². The van der Waals surface area contributed by atoms with Crippen molar-refractivity contribution < 1.29 is 22.4 Å². The molecule has 1 fully saturated rings. The number of hydrogen-bond donors (Lipinski definition) is 1. The van der Waals surface area contributed by atoms with Crippen molar-refractivity contribution in [2.75, 3.05) is 44.7 Å². The fourth-order valence-corrected chi connectivity index (χ4v) is 4.73. The second-order valence-electron chi connectivity index (χ2n) is 10.4. The highest BCUT2D eigenvalue weighted by atomic mass is 19.4. The number of hydrogen-bond acceptors (Lipinski definition) is 5. The summed E-state index contributed by atoms with van der Waals surface area (Å²) in [6.07, 6.45) is 4.93. The van der Waals surface area contributed by atoms with Crippen molar-refractivity contribution in [2.24, 2.45) is 10.9 Å². The predicted molar refractivity (Wildman–Crippen MR) is 174 cm³/mol. The molecule has 0 atom stereocenters. The Bertz CT molecular complexity index is 1600. The standard InChI is InChI=1S/C32H35F4N5O2.C2H6/c1-4-5-6-7-22(2)12-17-43-38-31(37)26-21-41(20-23-8-10-24(11-9-23)32(34,35)36)28-19-29(27(33)18-25(28)30(26)42)40-15-13-39(3)14-16-40;1-2/h4-11,18-19,21H,2,12-17,20H2,1,3H3,(H2,37,38);1-2H3/b5-4-,7-6-;. The van der Waals surface area contributed by atoms with Crippen LogP contribution in [0.4, 0.5) is 23.2 Å². The number of oxime groups is 1. The van der Waals surface area contributed by atoms with Crippen molar-refractivity contribution in [3.63, 3.8) is 0 Å². The number of anilines is 1.